The molecule has 2 aromatic heterocycles. The van der Waals surface area contributed by atoms with Crippen molar-refractivity contribution in [3.8, 4) is 17.1 Å². The number of benzene rings is 2. The fraction of sp³-hybridized carbons (Fsp3) is 0.464. The molecule has 2 aliphatic rings. The van der Waals surface area contributed by atoms with Crippen LogP contribution in [0.15, 0.2) is 24.3 Å². The minimum absolute atomic E-state index is 0.0725. The van der Waals surface area contributed by atoms with E-state index in [4.69, 9.17) is 22.1 Å². The topological polar surface area (TPSA) is 80.4 Å². The summed E-state index contributed by atoms with van der Waals surface area (Å²) in [5, 5.41) is 0.667. The summed E-state index contributed by atoms with van der Waals surface area (Å²) in [5.41, 5.74) is 6.86. The molecule has 0 bridgehead atoms. The molecule has 2 aromatic carbocycles. The number of fused-ring (bicyclic) bond motifs is 2. The van der Waals surface area contributed by atoms with E-state index in [1.54, 1.807) is 12.1 Å². The van der Waals surface area contributed by atoms with Crippen molar-refractivity contribution in [1.82, 2.24) is 19.9 Å². The van der Waals surface area contributed by atoms with Gasteiger partial charge in [0.05, 0.1) is 34.6 Å². The molecule has 0 aliphatic carbocycles. The predicted octanol–water partition coefficient (Wildman–Crippen LogP) is 7.22. The monoisotopic (exact) mass is 626 g/mol. The highest BCUT2D eigenvalue weighted by atomic mass is 35.5. The number of nitrogens with two attached hydrogens (primary N) is 1. The van der Waals surface area contributed by atoms with Gasteiger partial charge in [0.15, 0.2) is 10.9 Å². The Morgan fingerprint density at radius 2 is 1.80 bits per heavy atom. The van der Waals surface area contributed by atoms with Crippen LogP contribution in [0.3, 0.4) is 0 Å². The number of halogens is 4. The molecular weight excluding hydrogens is 593 g/mol. The highest BCUT2D eigenvalue weighted by molar-refractivity contribution is 7.99. The van der Waals surface area contributed by atoms with Crippen molar-refractivity contribution < 1.29 is 17.9 Å². The Balaban J connectivity index is 0.000000424. The molecule has 4 heterocycles. The van der Waals surface area contributed by atoms with Crippen LogP contribution in [0.1, 0.15) is 26.7 Å². The van der Waals surface area contributed by atoms with Crippen LogP contribution in [0.4, 0.5) is 24.1 Å². The van der Waals surface area contributed by atoms with Crippen LogP contribution in [0.5, 0.6) is 6.01 Å². The second-order valence-corrected chi connectivity index (χ2v) is 12.1. The standard InChI is InChI=1S/C21H17ClF3N5OS2.C5H11N.C2H6/c1-31-20-28-17-11(18(29-20)30-5-6-32-9-21(24,25)8-30)7-12(22)14(15(17)23)10-3-2-4-13-16(10)27-19(26)33-13;1-6-4-2-3-5-6;1-2/h2-4,7H,5-6,8-9H2,1H3,(H2,26,27);2-5H2,1H3;1-2H3. The van der Waals surface area contributed by atoms with E-state index in [0.29, 0.717) is 28.5 Å². The largest absolute Gasteiger partial charge is 0.467 e. The van der Waals surface area contributed by atoms with E-state index in [2.05, 4.69) is 26.9 Å². The second kappa shape index (κ2) is 13.6. The number of thioether (sulfide) groups is 1. The Kier molecular flexibility index (Phi) is 10.4. The first-order valence-corrected chi connectivity index (χ1v) is 15.8. The second-order valence-electron chi connectivity index (χ2n) is 9.52. The summed E-state index contributed by atoms with van der Waals surface area (Å²) >= 11 is 9.01. The maximum atomic E-state index is 16.0. The summed E-state index contributed by atoms with van der Waals surface area (Å²) in [6, 6.07) is 6.68. The number of para-hydroxylation sites is 1. The quantitative estimate of drug-likeness (QED) is 0.255. The van der Waals surface area contributed by atoms with Crippen molar-refractivity contribution in [2.24, 2.45) is 0 Å². The number of hydrogen-bond donors (Lipinski definition) is 1. The van der Waals surface area contributed by atoms with E-state index in [-0.39, 0.29) is 39.1 Å². The molecule has 0 saturated carbocycles. The Morgan fingerprint density at radius 3 is 2.46 bits per heavy atom. The van der Waals surface area contributed by atoms with Crippen molar-refractivity contribution in [3.05, 3.63) is 35.1 Å². The van der Waals surface area contributed by atoms with Gasteiger partial charge in [-0.2, -0.15) is 21.7 Å². The van der Waals surface area contributed by atoms with Crippen molar-refractivity contribution in [3.63, 3.8) is 0 Å². The van der Waals surface area contributed by atoms with Gasteiger partial charge in [-0.1, -0.05) is 48.9 Å². The fourth-order valence-corrected chi connectivity index (χ4v) is 6.70. The Hall–Kier alpha value is -2.54. The van der Waals surface area contributed by atoms with E-state index in [1.165, 1.54) is 55.3 Å². The van der Waals surface area contributed by atoms with Gasteiger partial charge in [-0.05, 0) is 45.1 Å². The first kappa shape index (κ1) is 31.4. The molecule has 0 atom stereocenters. The zero-order valence-electron chi connectivity index (χ0n) is 23.5. The smallest absolute Gasteiger partial charge is 0.318 e. The molecule has 0 spiro atoms. The number of methoxy groups -OCH3 is 1. The lowest BCUT2D eigenvalue weighted by molar-refractivity contribution is 0.0366. The molecule has 13 heteroatoms. The molecule has 2 saturated heterocycles. The number of thiazole rings is 1. The van der Waals surface area contributed by atoms with Crippen LogP contribution < -0.4 is 15.4 Å². The third-order valence-electron chi connectivity index (χ3n) is 6.60. The van der Waals surface area contributed by atoms with Crippen molar-refractivity contribution >= 4 is 66.8 Å². The van der Waals surface area contributed by atoms with E-state index in [9.17, 15) is 8.78 Å². The van der Waals surface area contributed by atoms with Gasteiger partial charge >= 0.3 is 6.01 Å². The maximum Gasteiger partial charge on any atom is 0.318 e. The van der Waals surface area contributed by atoms with Crippen LogP contribution in [0.2, 0.25) is 5.02 Å². The lowest BCUT2D eigenvalue weighted by Gasteiger charge is -2.26. The lowest BCUT2D eigenvalue weighted by atomic mass is 10.0. The van der Waals surface area contributed by atoms with Gasteiger partial charge in [-0.25, -0.2) is 18.2 Å². The number of likely N-dealkylation sites (tertiary alicyclic amines) is 1. The summed E-state index contributed by atoms with van der Waals surface area (Å²) in [6.45, 7) is 6.40. The fourth-order valence-electron chi connectivity index (χ4n) is 4.76. The molecular formula is C28H34ClF3N6OS2. The van der Waals surface area contributed by atoms with Crippen molar-refractivity contribution in [1.29, 1.82) is 0 Å². The number of ether oxygens (including phenoxy) is 1. The van der Waals surface area contributed by atoms with Crippen LogP contribution in [0, 0.1) is 5.82 Å². The first-order chi connectivity index (χ1) is 19.7. The number of nitrogens with zero attached hydrogens (tertiary/aromatic N) is 5. The molecule has 7 nitrogen and oxygen atoms in total. The molecule has 2 N–H and O–H groups in total. The van der Waals surface area contributed by atoms with Crippen LogP contribution in [0.25, 0.3) is 32.2 Å². The average molecular weight is 627 g/mol. The Labute approximate surface area is 251 Å². The number of alkyl halides is 2. The summed E-state index contributed by atoms with van der Waals surface area (Å²) in [7, 11) is 3.51. The Morgan fingerprint density at radius 1 is 1.07 bits per heavy atom. The van der Waals surface area contributed by atoms with Crippen LogP contribution in [-0.4, -0.2) is 77.6 Å². The molecule has 222 valence electrons. The van der Waals surface area contributed by atoms with E-state index < -0.39 is 18.3 Å². The minimum Gasteiger partial charge on any atom is -0.467 e. The third-order valence-corrected chi connectivity index (χ3v) is 8.85. The van der Waals surface area contributed by atoms with E-state index in [0.717, 1.165) is 16.5 Å². The van der Waals surface area contributed by atoms with Gasteiger partial charge in [-0.3, -0.25) is 0 Å². The van der Waals surface area contributed by atoms with Gasteiger partial charge < -0.3 is 20.3 Å². The molecule has 0 radical (unpaired) electrons. The SMILES string of the molecule is CC.CN1CCCC1.COc1nc(N2CCSCC(F)(F)C2)c2cc(Cl)c(-c3cccc4sc(N)nc34)c(F)c2n1. The van der Waals surface area contributed by atoms with Gasteiger partial charge in [0.1, 0.15) is 11.3 Å². The summed E-state index contributed by atoms with van der Waals surface area (Å²) in [5.74, 6) is -3.29. The highest BCUT2D eigenvalue weighted by Gasteiger charge is 2.36. The van der Waals surface area contributed by atoms with E-state index >= 15 is 4.39 Å². The summed E-state index contributed by atoms with van der Waals surface area (Å²) < 4.78 is 50.6. The minimum atomic E-state index is -2.92. The Bertz CT molecular complexity index is 1500. The molecule has 2 fully saturated rings. The molecule has 0 unspecified atom stereocenters. The molecule has 6 rings (SSSR count). The third kappa shape index (κ3) is 7.10. The lowest BCUT2D eigenvalue weighted by Crippen LogP contribution is -2.37. The van der Waals surface area contributed by atoms with Gasteiger partial charge in [0.25, 0.3) is 5.92 Å². The average Bonchev–Trinajstić information content (AvgIpc) is 3.54. The van der Waals surface area contributed by atoms with Crippen molar-refractivity contribution in [2.45, 2.75) is 32.6 Å². The zero-order valence-corrected chi connectivity index (χ0v) is 25.9. The zero-order chi connectivity index (χ0) is 29.7. The number of nitrogen functional groups attached to an aromatic ring is 1. The number of anilines is 2. The first-order valence-electron chi connectivity index (χ1n) is 13.4. The molecule has 2 aliphatic heterocycles. The van der Waals surface area contributed by atoms with Gasteiger partial charge in [0, 0.05) is 28.8 Å². The summed E-state index contributed by atoms with van der Waals surface area (Å²) in [6.07, 6.45) is 2.83. The molecule has 0 amide bonds. The van der Waals surface area contributed by atoms with E-state index in [1.807, 2.05) is 19.9 Å². The molecule has 41 heavy (non-hydrogen) atoms. The van der Waals surface area contributed by atoms with Crippen LogP contribution >= 0.6 is 34.7 Å². The van der Waals surface area contributed by atoms with Gasteiger partial charge in [0.2, 0.25) is 0 Å². The number of aromatic nitrogens is 3. The van der Waals surface area contributed by atoms with Gasteiger partial charge in [-0.15, -0.1) is 0 Å². The normalized spacial score (nSPS) is 17.0. The predicted molar refractivity (Wildman–Crippen MR) is 167 cm³/mol. The highest BCUT2D eigenvalue weighted by Crippen LogP contribution is 2.42. The molecule has 4 aromatic rings. The van der Waals surface area contributed by atoms with Crippen LogP contribution in [-0.2, 0) is 0 Å². The van der Waals surface area contributed by atoms with Crippen molar-refractivity contribution in [2.75, 3.05) is 62.5 Å². The number of hydrogen-bond acceptors (Lipinski definition) is 9. The maximum absolute atomic E-state index is 16.0. The summed E-state index contributed by atoms with van der Waals surface area (Å²) in [4.78, 5) is 16.6. The number of rotatable bonds is 3.